The Morgan fingerprint density at radius 3 is 2.29 bits per heavy atom. The van der Waals surface area contributed by atoms with Gasteiger partial charge in [0, 0.05) is 5.02 Å². The Morgan fingerprint density at radius 1 is 1.12 bits per heavy atom. The second-order valence-corrected chi connectivity index (χ2v) is 6.65. The number of hydrogen-bond acceptors (Lipinski definition) is 3. The molecule has 24 heavy (non-hydrogen) atoms. The predicted molar refractivity (Wildman–Crippen MR) is 96.4 cm³/mol. The van der Waals surface area contributed by atoms with Crippen molar-refractivity contribution >= 4 is 40.7 Å². The number of ether oxygens (including phenoxy) is 1. The zero-order chi connectivity index (χ0) is 17.9. The molecule has 0 aliphatic carbocycles. The number of carbonyl (C=O) groups excluding carboxylic acids is 1. The van der Waals surface area contributed by atoms with Gasteiger partial charge >= 0.3 is 0 Å². The number of amides is 1. The van der Waals surface area contributed by atoms with Gasteiger partial charge in [-0.3, -0.25) is 4.79 Å². The van der Waals surface area contributed by atoms with Crippen LogP contribution in [0.2, 0.25) is 15.1 Å². The summed E-state index contributed by atoms with van der Waals surface area (Å²) < 4.78 is 5.15. The highest BCUT2D eigenvalue weighted by molar-refractivity contribution is 6.37. The lowest BCUT2D eigenvalue weighted by atomic mass is 9.96. The molecule has 0 aliphatic rings. The Bertz CT molecular complexity index is 745. The fourth-order valence-electron chi connectivity index (χ4n) is 2.20. The van der Waals surface area contributed by atoms with Gasteiger partial charge in [0.05, 0.1) is 23.7 Å². The van der Waals surface area contributed by atoms with Gasteiger partial charge in [-0.25, -0.2) is 0 Å². The van der Waals surface area contributed by atoms with Crippen LogP contribution in [0.3, 0.4) is 0 Å². The molecule has 2 rings (SSSR count). The quantitative estimate of drug-likeness (QED) is 0.803. The largest absolute Gasteiger partial charge is 0.494 e. The molecule has 7 heteroatoms. The van der Waals surface area contributed by atoms with E-state index in [1.54, 1.807) is 37.3 Å². The SMILES string of the molecule is COc1c(Cl)ccc(Cl)c1C(=O)NCC(C)(O)c1ccc(Cl)cc1. The summed E-state index contributed by atoms with van der Waals surface area (Å²) in [6, 6.07) is 9.79. The molecule has 0 aromatic heterocycles. The van der Waals surface area contributed by atoms with Crippen LogP contribution in [-0.4, -0.2) is 24.7 Å². The van der Waals surface area contributed by atoms with Crippen LogP contribution >= 0.6 is 34.8 Å². The number of methoxy groups -OCH3 is 1. The molecular formula is C17H16Cl3NO3. The Balaban J connectivity index is 2.19. The number of benzene rings is 2. The molecule has 128 valence electrons. The van der Waals surface area contributed by atoms with Gasteiger partial charge in [-0.2, -0.15) is 0 Å². The highest BCUT2D eigenvalue weighted by Gasteiger charge is 2.26. The zero-order valence-electron chi connectivity index (χ0n) is 13.1. The summed E-state index contributed by atoms with van der Waals surface area (Å²) in [5, 5.41) is 14.3. The van der Waals surface area contributed by atoms with E-state index in [4.69, 9.17) is 39.5 Å². The summed E-state index contributed by atoms with van der Waals surface area (Å²) in [5.74, 6) is -0.304. The first-order valence-corrected chi connectivity index (χ1v) is 8.18. The molecule has 2 aromatic carbocycles. The summed E-state index contributed by atoms with van der Waals surface area (Å²) in [7, 11) is 1.40. The molecule has 2 aromatic rings. The first-order valence-electron chi connectivity index (χ1n) is 7.05. The summed E-state index contributed by atoms with van der Waals surface area (Å²) >= 11 is 17.9. The van der Waals surface area contributed by atoms with Crippen LogP contribution in [0.5, 0.6) is 5.75 Å². The third kappa shape index (κ3) is 4.14. The Hall–Kier alpha value is -1.46. The highest BCUT2D eigenvalue weighted by atomic mass is 35.5. The second kappa shape index (κ2) is 7.62. The highest BCUT2D eigenvalue weighted by Crippen LogP contribution is 2.34. The molecule has 0 saturated heterocycles. The minimum absolute atomic E-state index is 0.0283. The molecule has 0 saturated carbocycles. The topological polar surface area (TPSA) is 58.6 Å². The van der Waals surface area contributed by atoms with Gasteiger partial charge in [0.15, 0.2) is 5.75 Å². The van der Waals surface area contributed by atoms with Gasteiger partial charge in [-0.05, 0) is 36.8 Å². The summed E-state index contributed by atoms with van der Waals surface area (Å²) in [5.41, 5.74) is -0.534. The van der Waals surface area contributed by atoms with Crippen LogP contribution < -0.4 is 10.1 Å². The van der Waals surface area contributed by atoms with Crippen LogP contribution in [-0.2, 0) is 5.60 Å². The fraction of sp³-hybridized carbons (Fsp3) is 0.235. The molecule has 0 radical (unpaired) electrons. The van der Waals surface area contributed by atoms with Gasteiger partial charge in [-0.1, -0.05) is 46.9 Å². The van der Waals surface area contributed by atoms with Crippen LogP contribution in [0, 0.1) is 0 Å². The molecule has 1 unspecified atom stereocenters. The van der Waals surface area contributed by atoms with E-state index >= 15 is 0 Å². The molecule has 1 amide bonds. The molecule has 0 aliphatic heterocycles. The van der Waals surface area contributed by atoms with E-state index < -0.39 is 11.5 Å². The number of rotatable bonds is 5. The monoisotopic (exact) mass is 387 g/mol. The standard InChI is InChI=1S/C17H16Cl3NO3/c1-17(23,10-3-5-11(18)6-4-10)9-21-16(22)14-12(19)7-8-13(20)15(14)24-2/h3-8,23H,9H2,1-2H3,(H,21,22). The van der Waals surface area contributed by atoms with Gasteiger partial charge in [-0.15, -0.1) is 0 Å². The Morgan fingerprint density at radius 2 is 1.71 bits per heavy atom. The van der Waals surface area contributed by atoms with Gasteiger partial charge in [0.1, 0.15) is 11.2 Å². The molecule has 0 bridgehead atoms. The van der Waals surface area contributed by atoms with Crippen molar-refractivity contribution in [1.82, 2.24) is 5.32 Å². The Kier molecular flexibility index (Phi) is 5.99. The number of halogens is 3. The number of hydrogen-bond donors (Lipinski definition) is 2. The smallest absolute Gasteiger partial charge is 0.256 e. The third-order valence-electron chi connectivity index (χ3n) is 3.55. The molecule has 0 fully saturated rings. The summed E-state index contributed by atoms with van der Waals surface area (Å²) in [4.78, 5) is 12.5. The van der Waals surface area contributed by atoms with Crippen LogP contribution in [0.1, 0.15) is 22.8 Å². The first kappa shape index (κ1) is 18.9. The van der Waals surface area contributed by atoms with E-state index in [0.29, 0.717) is 10.6 Å². The number of carbonyl (C=O) groups is 1. The van der Waals surface area contributed by atoms with Gasteiger partial charge in [0.2, 0.25) is 0 Å². The van der Waals surface area contributed by atoms with E-state index in [1.165, 1.54) is 13.2 Å². The normalized spacial score (nSPS) is 13.2. The van der Waals surface area contributed by atoms with Crippen molar-refractivity contribution in [3.63, 3.8) is 0 Å². The van der Waals surface area contributed by atoms with E-state index in [9.17, 15) is 9.90 Å². The van der Waals surface area contributed by atoms with Gasteiger partial charge < -0.3 is 15.2 Å². The lowest BCUT2D eigenvalue weighted by molar-refractivity contribution is 0.0525. The minimum Gasteiger partial charge on any atom is -0.494 e. The third-order valence-corrected chi connectivity index (χ3v) is 4.41. The molecule has 1 atom stereocenters. The van der Waals surface area contributed by atoms with Gasteiger partial charge in [0.25, 0.3) is 5.91 Å². The van der Waals surface area contributed by atoms with E-state index in [-0.39, 0.29) is 27.9 Å². The average Bonchev–Trinajstić information content (AvgIpc) is 2.55. The van der Waals surface area contributed by atoms with Crippen LogP contribution in [0.25, 0.3) is 0 Å². The average molecular weight is 389 g/mol. The predicted octanol–water partition coefficient (Wildman–Crippen LogP) is 4.29. The van der Waals surface area contributed by atoms with Crippen LogP contribution in [0.4, 0.5) is 0 Å². The fourth-order valence-corrected chi connectivity index (χ4v) is 2.79. The van der Waals surface area contributed by atoms with Crippen molar-refractivity contribution in [2.24, 2.45) is 0 Å². The van der Waals surface area contributed by atoms with Crippen molar-refractivity contribution < 1.29 is 14.6 Å². The molecule has 0 spiro atoms. The summed E-state index contributed by atoms with van der Waals surface area (Å²) in [6.07, 6.45) is 0. The summed E-state index contributed by atoms with van der Waals surface area (Å²) in [6.45, 7) is 1.56. The molecule has 0 heterocycles. The van der Waals surface area contributed by atoms with Crippen molar-refractivity contribution in [2.45, 2.75) is 12.5 Å². The maximum atomic E-state index is 12.5. The minimum atomic E-state index is -1.28. The van der Waals surface area contributed by atoms with Crippen molar-refractivity contribution in [3.05, 3.63) is 62.6 Å². The molecule has 2 N–H and O–H groups in total. The van der Waals surface area contributed by atoms with Crippen molar-refractivity contribution in [2.75, 3.05) is 13.7 Å². The van der Waals surface area contributed by atoms with Crippen molar-refractivity contribution in [1.29, 1.82) is 0 Å². The van der Waals surface area contributed by atoms with E-state index in [1.807, 2.05) is 0 Å². The maximum absolute atomic E-state index is 12.5. The molecular weight excluding hydrogens is 373 g/mol. The van der Waals surface area contributed by atoms with Crippen molar-refractivity contribution in [3.8, 4) is 5.75 Å². The Labute approximate surface area is 155 Å². The first-order chi connectivity index (χ1) is 11.3. The molecule has 4 nitrogen and oxygen atoms in total. The number of aliphatic hydroxyl groups is 1. The number of nitrogens with one attached hydrogen (secondary N) is 1. The van der Waals surface area contributed by atoms with Crippen LogP contribution in [0.15, 0.2) is 36.4 Å². The van der Waals surface area contributed by atoms with E-state index in [0.717, 1.165) is 0 Å². The maximum Gasteiger partial charge on any atom is 0.256 e. The lowest BCUT2D eigenvalue weighted by Crippen LogP contribution is -2.38. The zero-order valence-corrected chi connectivity index (χ0v) is 15.3. The lowest BCUT2D eigenvalue weighted by Gasteiger charge is -2.24. The second-order valence-electron chi connectivity index (χ2n) is 5.40. The van der Waals surface area contributed by atoms with E-state index in [2.05, 4.69) is 5.32 Å².